The van der Waals surface area contributed by atoms with Gasteiger partial charge in [0.1, 0.15) is 16.5 Å². The van der Waals surface area contributed by atoms with E-state index in [9.17, 15) is 0 Å². The van der Waals surface area contributed by atoms with Gasteiger partial charge in [-0.1, -0.05) is 36.2 Å². The third kappa shape index (κ3) is 4.06. The first-order valence-electron chi connectivity index (χ1n) is 9.21. The molecule has 1 fully saturated rings. The summed E-state index contributed by atoms with van der Waals surface area (Å²) in [6, 6.07) is 8.00. The van der Waals surface area contributed by atoms with Crippen molar-refractivity contribution < 1.29 is 0 Å². The number of aromatic nitrogens is 2. The Morgan fingerprint density at radius 1 is 1.07 bits per heavy atom. The van der Waals surface area contributed by atoms with Crippen molar-refractivity contribution in [3.05, 3.63) is 50.6 Å². The molecular weight excluding hydrogens is 399 g/mol. The van der Waals surface area contributed by atoms with Gasteiger partial charge in [0.05, 0.1) is 5.39 Å². The van der Waals surface area contributed by atoms with Crippen LogP contribution in [0.5, 0.6) is 0 Å². The number of rotatable bonds is 4. The molecule has 1 aliphatic heterocycles. The molecule has 7 heteroatoms. The minimum Gasteiger partial charge on any atom is -0.353 e. The number of fused-ring (bicyclic) bond motifs is 1. The molecule has 142 valence electrons. The number of hydrogen-bond donors (Lipinski definition) is 0. The zero-order valence-electron chi connectivity index (χ0n) is 15.5. The molecule has 4 nitrogen and oxygen atoms in total. The van der Waals surface area contributed by atoms with E-state index in [2.05, 4.69) is 27.8 Å². The van der Waals surface area contributed by atoms with Crippen LogP contribution < -0.4 is 4.90 Å². The predicted molar refractivity (Wildman–Crippen MR) is 115 cm³/mol. The second kappa shape index (κ2) is 7.92. The van der Waals surface area contributed by atoms with E-state index in [1.54, 1.807) is 11.3 Å². The third-order valence-electron chi connectivity index (χ3n) is 4.96. The van der Waals surface area contributed by atoms with Crippen molar-refractivity contribution in [3.63, 3.8) is 0 Å². The van der Waals surface area contributed by atoms with E-state index in [1.165, 1.54) is 10.3 Å². The molecule has 0 spiro atoms. The maximum Gasteiger partial charge on any atom is 0.141 e. The van der Waals surface area contributed by atoms with E-state index in [0.29, 0.717) is 5.02 Å². The number of thiophene rings is 1. The summed E-state index contributed by atoms with van der Waals surface area (Å²) in [6.45, 7) is 8.88. The van der Waals surface area contributed by atoms with Gasteiger partial charge in [-0.3, -0.25) is 4.90 Å². The van der Waals surface area contributed by atoms with Crippen molar-refractivity contribution in [2.45, 2.75) is 26.8 Å². The highest BCUT2D eigenvalue weighted by Gasteiger charge is 2.22. The quantitative estimate of drug-likeness (QED) is 0.580. The van der Waals surface area contributed by atoms with Crippen LogP contribution >= 0.6 is 34.5 Å². The fraction of sp³-hybridized carbons (Fsp3) is 0.400. The van der Waals surface area contributed by atoms with Crippen LogP contribution in [-0.2, 0) is 13.0 Å². The Morgan fingerprint density at radius 2 is 1.85 bits per heavy atom. The van der Waals surface area contributed by atoms with Crippen LogP contribution in [0.2, 0.25) is 10.0 Å². The lowest BCUT2D eigenvalue weighted by Gasteiger charge is -2.35. The van der Waals surface area contributed by atoms with Gasteiger partial charge >= 0.3 is 0 Å². The van der Waals surface area contributed by atoms with Crippen LogP contribution in [0.25, 0.3) is 10.2 Å². The Kier molecular flexibility index (Phi) is 5.55. The Bertz CT molecular complexity index is 964. The molecule has 1 aromatic carbocycles. The van der Waals surface area contributed by atoms with Crippen molar-refractivity contribution in [2.24, 2.45) is 0 Å². The number of nitrogens with zero attached hydrogens (tertiary/aromatic N) is 4. The Hall–Kier alpha value is -1.40. The smallest absolute Gasteiger partial charge is 0.141 e. The highest BCUT2D eigenvalue weighted by atomic mass is 35.5. The summed E-state index contributed by atoms with van der Waals surface area (Å²) in [5, 5.41) is 2.61. The molecule has 0 amide bonds. The third-order valence-corrected chi connectivity index (χ3v) is 6.73. The van der Waals surface area contributed by atoms with Gasteiger partial charge in [0, 0.05) is 47.6 Å². The fourth-order valence-corrected chi connectivity index (χ4v) is 4.96. The van der Waals surface area contributed by atoms with Crippen LogP contribution in [-0.4, -0.2) is 41.0 Å². The molecule has 3 heterocycles. The van der Waals surface area contributed by atoms with Gasteiger partial charge in [0.25, 0.3) is 0 Å². The summed E-state index contributed by atoms with van der Waals surface area (Å²) in [7, 11) is 0. The highest BCUT2D eigenvalue weighted by Crippen LogP contribution is 2.32. The largest absolute Gasteiger partial charge is 0.353 e. The zero-order chi connectivity index (χ0) is 19.0. The van der Waals surface area contributed by atoms with Gasteiger partial charge in [0.2, 0.25) is 0 Å². The first-order valence-corrected chi connectivity index (χ1v) is 10.8. The van der Waals surface area contributed by atoms with Crippen molar-refractivity contribution in [1.82, 2.24) is 14.9 Å². The molecule has 0 atom stereocenters. The van der Waals surface area contributed by atoms with Gasteiger partial charge in [-0.15, -0.1) is 11.3 Å². The van der Waals surface area contributed by atoms with Gasteiger partial charge in [-0.25, -0.2) is 9.97 Å². The monoisotopic (exact) mass is 420 g/mol. The second-order valence-electron chi connectivity index (χ2n) is 6.88. The lowest BCUT2D eigenvalue weighted by molar-refractivity contribution is 0.249. The molecule has 1 aliphatic rings. The standard InChI is InChI=1S/C20H22Cl2N4S/c1-3-16-11-17-19(23-13(2)24-20(17)27-16)26-8-6-25(7-9-26)12-14-4-5-15(21)10-18(14)22/h4-5,10-11H,3,6-9,12H2,1-2H3. The molecule has 0 unspecified atom stereocenters. The molecule has 2 aromatic heterocycles. The molecule has 0 N–H and O–H groups in total. The van der Waals surface area contributed by atoms with Gasteiger partial charge in [-0.05, 0) is 37.1 Å². The van der Waals surface area contributed by atoms with E-state index in [0.717, 1.165) is 66.2 Å². The van der Waals surface area contributed by atoms with Crippen LogP contribution in [0, 0.1) is 6.92 Å². The highest BCUT2D eigenvalue weighted by molar-refractivity contribution is 7.18. The number of benzene rings is 1. The average molecular weight is 421 g/mol. The molecular formula is C20H22Cl2N4S. The van der Waals surface area contributed by atoms with Crippen molar-refractivity contribution in [1.29, 1.82) is 0 Å². The molecule has 1 saturated heterocycles. The Balaban J connectivity index is 1.49. The number of anilines is 1. The summed E-state index contributed by atoms with van der Waals surface area (Å²) < 4.78 is 0. The second-order valence-corrected chi connectivity index (χ2v) is 8.84. The zero-order valence-corrected chi connectivity index (χ0v) is 17.8. The average Bonchev–Trinajstić information content (AvgIpc) is 3.07. The van der Waals surface area contributed by atoms with E-state index >= 15 is 0 Å². The maximum atomic E-state index is 6.33. The number of aryl methyl sites for hydroxylation is 2. The molecule has 4 rings (SSSR count). The lowest BCUT2D eigenvalue weighted by Crippen LogP contribution is -2.46. The predicted octanol–water partition coefficient (Wildman–Crippen LogP) is 5.19. The number of halogens is 2. The van der Waals surface area contributed by atoms with E-state index < -0.39 is 0 Å². The minimum atomic E-state index is 0.680. The van der Waals surface area contributed by atoms with Crippen molar-refractivity contribution in [2.75, 3.05) is 31.1 Å². The molecule has 0 bridgehead atoms. The maximum absolute atomic E-state index is 6.33. The number of piperazine rings is 1. The molecule has 0 aliphatic carbocycles. The van der Waals surface area contributed by atoms with Gasteiger partial charge in [-0.2, -0.15) is 0 Å². The normalized spacial score (nSPS) is 15.6. The van der Waals surface area contributed by atoms with Crippen LogP contribution in [0.4, 0.5) is 5.82 Å². The van der Waals surface area contributed by atoms with Crippen LogP contribution in [0.3, 0.4) is 0 Å². The SMILES string of the molecule is CCc1cc2c(N3CCN(Cc4ccc(Cl)cc4Cl)CC3)nc(C)nc2s1. The van der Waals surface area contributed by atoms with Gasteiger partial charge in [0.15, 0.2) is 0 Å². The van der Waals surface area contributed by atoms with E-state index in [1.807, 2.05) is 25.1 Å². The Morgan fingerprint density at radius 3 is 2.56 bits per heavy atom. The van der Waals surface area contributed by atoms with E-state index in [-0.39, 0.29) is 0 Å². The number of hydrogen-bond acceptors (Lipinski definition) is 5. The summed E-state index contributed by atoms with van der Waals surface area (Å²) in [5.41, 5.74) is 1.13. The van der Waals surface area contributed by atoms with E-state index in [4.69, 9.17) is 28.2 Å². The molecule has 0 saturated carbocycles. The molecule has 3 aromatic rings. The lowest BCUT2D eigenvalue weighted by atomic mass is 10.2. The topological polar surface area (TPSA) is 32.3 Å². The summed E-state index contributed by atoms with van der Waals surface area (Å²) in [6.07, 6.45) is 1.04. The van der Waals surface area contributed by atoms with Gasteiger partial charge < -0.3 is 4.90 Å². The van der Waals surface area contributed by atoms with Crippen molar-refractivity contribution >= 4 is 50.6 Å². The summed E-state index contributed by atoms with van der Waals surface area (Å²) >= 11 is 14.1. The van der Waals surface area contributed by atoms with Crippen LogP contribution in [0.15, 0.2) is 24.3 Å². The molecule has 27 heavy (non-hydrogen) atoms. The Labute approximate surface area is 173 Å². The summed E-state index contributed by atoms with van der Waals surface area (Å²) in [5.74, 6) is 1.93. The van der Waals surface area contributed by atoms with Crippen LogP contribution in [0.1, 0.15) is 23.2 Å². The first-order chi connectivity index (χ1) is 13.0. The van der Waals surface area contributed by atoms with Crippen molar-refractivity contribution in [3.8, 4) is 0 Å². The first kappa shape index (κ1) is 18.9. The molecule has 0 radical (unpaired) electrons. The minimum absolute atomic E-state index is 0.680. The fourth-order valence-electron chi connectivity index (χ4n) is 3.48. The summed E-state index contributed by atoms with van der Waals surface area (Å²) in [4.78, 5) is 16.7.